The molecule has 2 aromatic carbocycles. The first kappa shape index (κ1) is 17.0. The van der Waals surface area contributed by atoms with E-state index >= 15 is 0 Å². The molecule has 0 bridgehead atoms. The summed E-state index contributed by atoms with van der Waals surface area (Å²) in [6.45, 7) is 0. The average Bonchev–Trinajstić information content (AvgIpc) is 2.42. The summed E-state index contributed by atoms with van der Waals surface area (Å²) in [4.78, 5) is 16.0. The first-order chi connectivity index (χ1) is 9.63. The Labute approximate surface area is 134 Å². The lowest BCUT2D eigenvalue weighted by molar-refractivity contribution is -0.115. The van der Waals surface area contributed by atoms with E-state index in [4.69, 9.17) is 17.3 Å². The molecule has 0 unspecified atom stereocenters. The van der Waals surface area contributed by atoms with Gasteiger partial charge in [0.05, 0.1) is 12.1 Å². The molecule has 0 saturated heterocycles. The third kappa shape index (κ3) is 5.85. The van der Waals surface area contributed by atoms with Crippen LogP contribution in [0.3, 0.4) is 0 Å². The highest BCUT2D eigenvalue weighted by Gasteiger charge is 2.05. The molecule has 0 heterocycles. The molecule has 0 aliphatic carbocycles. The molecule has 0 aromatic heterocycles. The van der Waals surface area contributed by atoms with Crippen molar-refractivity contribution in [3.63, 3.8) is 0 Å². The standard InChI is InChI=1S/C15H14ClN3O.ClH/c16-11-6-8-13(9-7-11)19-15(20)10-14(17)18-12-4-2-1-3-5-12;/h1-9H,10H2,(H2,17,18)(H,19,20);1H. The van der Waals surface area contributed by atoms with Crippen molar-refractivity contribution in [2.45, 2.75) is 6.42 Å². The number of carbonyl (C=O) groups is 1. The lowest BCUT2D eigenvalue weighted by atomic mass is 10.3. The van der Waals surface area contributed by atoms with Crippen molar-refractivity contribution < 1.29 is 4.79 Å². The number of amidine groups is 1. The topological polar surface area (TPSA) is 67.5 Å². The number of anilines is 1. The Hall–Kier alpha value is -2.04. The molecule has 4 nitrogen and oxygen atoms in total. The van der Waals surface area contributed by atoms with E-state index in [1.165, 1.54) is 0 Å². The smallest absolute Gasteiger partial charge is 0.231 e. The van der Waals surface area contributed by atoms with E-state index in [0.29, 0.717) is 10.7 Å². The minimum absolute atomic E-state index is 0. The van der Waals surface area contributed by atoms with Crippen LogP contribution in [0.4, 0.5) is 11.4 Å². The van der Waals surface area contributed by atoms with Crippen molar-refractivity contribution in [2.75, 3.05) is 5.32 Å². The number of hydrogen-bond acceptors (Lipinski definition) is 2. The van der Waals surface area contributed by atoms with Crippen LogP contribution in [-0.4, -0.2) is 11.7 Å². The Kier molecular flexibility index (Phi) is 6.72. The average molecular weight is 324 g/mol. The number of benzene rings is 2. The number of rotatable bonds is 4. The van der Waals surface area contributed by atoms with E-state index in [9.17, 15) is 4.79 Å². The second-order valence-corrected chi connectivity index (χ2v) is 4.61. The molecule has 0 fully saturated rings. The molecule has 0 atom stereocenters. The SMILES string of the molecule is Cl.NC(CC(=O)Nc1ccc(Cl)cc1)=Nc1ccccc1. The largest absolute Gasteiger partial charge is 0.387 e. The number of nitrogens with one attached hydrogen (secondary N) is 1. The van der Waals surface area contributed by atoms with E-state index in [0.717, 1.165) is 5.69 Å². The molecule has 2 aromatic rings. The fourth-order valence-electron chi connectivity index (χ4n) is 1.61. The molecule has 1 amide bonds. The molecule has 6 heteroatoms. The molecule has 110 valence electrons. The zero-order valence-corrected chi connectivity index (χ0v) is 12.7. The Bertz CT molecular complexity index is 613. The van der Waals surface area contributed by atoms with Crippen LogP contribution in [0.5, 0.6) is 0 Å². The summed E-state index contributed by atoms with van der Waals surface area (Å²) in [5.74, 6) is 0.0483. The summed E-state index contributed by atoms with van der Waals surface area (Å²) >= 11 is 5.77. The number of halogens is 2. The highest BCUT2D eigenvalue weighted by atomic mass is 35.5. The highest BCUT2D eigenvalue weighted by molar-refractivity contribution is 6.30. The van der Waals surface area contributed by atoms with Gasteiger partial charge < -0.3 is 11.1 Å². The number of carbonyl (C=O) groups excluding carboxylic acids is 1. The van der Waals surface area contributed by atoms with Gasteiger partial charge >= 0.3 is 0 Å². The molecule has 3 N–H and O–H groups in total. The van der Waals surface area contributed by atoms with Gasteiger partial charge in [-0.1, -0.05) is 29.8 Å². The number of para-hydroxylation sites is 1. The second kappa shape index (κ2) is 8.29. The van der Waals surface area contributed by atoms with Crippen LogP contribution in [0.15, 0.2) is 59.6 Å². The van der Waals surface area contributed by atoms with E-state index in [2.05, 4.69) is 10.3 Å². The Morgan fingerprint density at radius 3 is 2.33 bits per heavy atom. The van der Waals surface area contributed by atoms with Gasteiger partial charge in [-0.25, -0.2) is 4.99 Å². The first-order valence-corrected chi connectivity index (χ1v) is 6.45. The maximum Gasteiger partial charge on any atom is 0.231 e. The Balaban J connectivity index is 0.00000220. The van der Waals surface area contributed by atoms with E-state index in [1.54, 1.807) is 24.3 Å². The zero-order chi connectivity index (χ0) is 14.4. The van der Waals surface area contributed by atoms with Gasteiger partial charge in [0, 0.05) is 10.7 Å². The second-order valence-electron chi connectivity index (χ2n) is 4.17. The van der Waals surface area contributed by atoms with Crippen LogP contribution in [0.25, 0.3) is 0 Å². The van der Waals surface area contributed by atoms with Crippen molar-refractivity contribution in [3.8, 4) is 0 Å². The van der Waals surface area contributed by atoms with Crippen LogP contribution < -0.4 is 11.1 Å². The van der Waals surface area contributed by atoms with Gasteiger partial charge in [0.1, 0.15) is 5.84 Å². The third-order valence-electron chi connectivity index (χ3n) is 2.50. The lowest BCUT2D eigenvalue weighted by Gasteiger charge is -2.05. The van der Waals surface area contributed by atoms with Crippen molar-refractivity contribution in [2.24, 2.45) is 10.7 Å². The summed E-state index contributed by atoms with van der Waals surface area (Å²) in [7, 11) is 0. The van der Waals surface area contributed by atoms with Crippen LogP contribution >= 0.6 is 24.0 Å². The molecule has 0 aliphatic rings. The van der Waals surface area contributed by atoms with Gasteiger partial charge in [-0.2, -0.15) is 0 Å². The first-order valence-electron chi connectivity index (χ1n) is 6.07. The van der Waals surface area contributed by atoms with Crippen LogP contribution in [-0.2, 0) is 4.79 Å². The van der Waals surface area contributed by atoms with Gasteiger partial charge in [0.2, 0.25) is 5.91 Å². The minimum Gasteiger partial charge on any atom is -0.387 e. The summed E-state index contributed by atoms with van der Waals surface area (Å²) in [5.41, 5.74) is 7.15. The monoisotopic (exact) mass is 323 g/mol. The minimum atomic E-state index is -0.218. The summed E-state index contributed by atoms with van der Waals surface area (Å²) in [5, 5.41) is 3.35. The molecule has 21 heavy (non-hydrogen) atoms. The summed E-state index contributed by atoms with van der Waals surface area (Å²) < 4.78 is 0. The van der Waals surface area contributed by atoms with Crippen molar-refractivity contribution in [3.05, 3.63) is 59.6 Å². The van der Waals surface area contributed by atoms with Gasteiger partial charge in [-0.05, 0) is 36.4 Å². The van der Waals surface area contributed by atoms with Crippen molar-refractivity contribution in [1.29, 1.82) is 0 Å². The fourth-order valence-corrected chi connectivity index (χ4v) is 1.74. The molecule has 0 radical (unpaired) electrons. The van der Waals surface area contributed by atoms with Crippen LogP contribution in [0, 0.1) is 0 Å². The predicted octanol–water partition coefficient (Wildman–Crippen LogP) is 3.78. The molecule has 0 saturated carbocycles. The number of amides is 1. The molecule has 0 aliphatic heterocycles. The van der Waals surface area contributed by atoms with Crippen molar-refractivity contribution in [1.82, 2.24) is 0 Å². The fraction of sp³-hybridized carbons (Fsp3) is 0.0667. The Morgan fingerprint density at radius 2 is 1.71 bits per heavy atom. The lowest BCUT2D eigenvalue weighted by Crippen LogP contribution is -2.21. The van der Waals surface area contributed by atoms with E-state index < -0.39 is 0 Å². The number of aliphatic imine (C=N–C) groups is 1. The van der Waals surface area contributed by atoms with E-state index in [-0.39, 0.29) is 30.6 Å². The van der Waals surface area contributed by atoms with Gasteiger partial charge in [-0.3, -0.25) is 4.79 Å². The maximum atomic E-state index is 11.8. The zero-order valence-electron chi connectivity index (χ0n) is 11.1. The molecular weight excluding hydrogens is 309 g/mol. The Morgan fingerprint density at radius 1 is 1.10 bits per heavy atom. The maximum absolute atomic E-state index is 11.8. The van der Waals surface area contributed by atoms with Crippen LogP contribution in [0.2, 0.25) is 5.02 Å². The molecule has 2 rings (SSSR count). The number of nitrogens with zero attached hydrogens (tertiary/aromatic N) is 1. The van der Waals surface area contributed by atoms with E-state index in [1.807, 2.05) is 30.3 Å². The van der Waals surface area contributed by atoms with Gasteiger partial charge in [-0.15, -0.1) is 12.4 Å². The number of hydrogen-bond donors (Lipinski definition) is 2. The van der Waals surface area contributed by atoms with Gasteiger partial charge in [0.25, 0.3) is 0 Å². The normalized spacial score (nSPS) is 10.6. The quantitative estimate of drug-likeness (QED) is 0.664. The number of nitrogens with two attached hydrogens (primary N) is 1. The van der Waals surface area contributed by atoms with Gasteiger partial charge in [0.15, 0.2) is 0 Å². The molecule has 0 spiro atoms. The predicted molar refractivity (Wildman–Crippen MR) is 89.7 cm³/mol. The van der Waals surface area contributed by atoms with Crippen LogP contribution in [0.1, 0.15) is 6.42 Å². The third-order valence-corrected chi connectivity index (χ3v) is 2.75. The highest BCUT2D eigenvalue weighted by Crippen LogP contribution is 2.14. The summed E-state index contributed by atoms with van der Waals surface area (Å²) in [6, 6.07) is 16.1. The van der Waals surface area contributed by atoms with Crippen molar-refractivity contribution >= 4 is 47.1 Å². The molecular formula is C15H15Cl2N3O. The summed E-state index contributed by atoms with van der Waals surface area (Å²) in [6.07, 6.45) is 0.0392.